The first-order chi connectivity index (χ1) is 9.16. The van der Waals surface area contributed by atoms with Crippen LogP contribution in [0, 0.1) is 6.92 Å². The van der Waals surface area contributed by atoms with Crippen molar-refractivity contribution >= 4 is 11.5 Å². The third-order valence-electron chi connectivity index (χ3n) is 3.99. The minimum absolute atomic E-state index is 0.176. The molecule has 0 unspecified atom stereocenters. The molecular formula is C16H24N2O. The second-order valence-corrected chi connectivity index (χ2v) is 5.53. The summed E-state index contributed by atoms with van der Waals surface area (Å²) in [4.78, 5) is 12.1. The molecule has 1 fully saturated rings. The van der Waals surface area contributed by atoms with Crippen LogP contribution in [0.2, 0.25) is 0 Å². The summed E-state index contributed by atoms with van der Waals surface area (Å²) in [6, 6.07) is 6.19. The molecule has 3 nitrogen and oxygen atoms in total. The highest BCUT2D eigenvalue weighted by Crippen LogP contribution is 2.17. The molecule has 0 amide bonds. The molecule has 1 aromatic rings. The molecule has 0 heterocycles. The Kier molecular flexibility index (Phi) is 4.97. The van der Waals surface area contributed by atoms with Crippen molar-refractivity contribution in [1.82, 2.24) is 5.32 Å². The Hall–Kier alpha value is -1.35. The normalized spacial score (nSPS) is 16.5. The second kappa shape index (κ2) is 6.71. The van der Waals surface area contributed by atoms with Gasteiger partial charge in [-0.2, -0.15) is 0 Å². The number of hydrogen-bond acceptors (Lipinski definition) is 3. The molecule has 19 heavy (non-hydrogen) atoms. The number of anilines is 1. The van der Waals surface area contributed by atoms with Crippen molar-refractivity contribution < 1.29 is 4.79 Å². The second-order valence-electron chi connectivity index (χ2n) is 5.53. The van der Waals surface area contributed by atoms with Crippen LogP contribution in [0.4, 0.5) is 5.69 Å². The molecule has 3 heteroatoms. The lowest BCUT2D eigenvalue weighted by molar-refractivity contribution is 0.0981. The Bertz CT molecular complexity index is 436. The van der Waals surface area contributed by atoms with Gasteiger partial charge in [-0.25, -0.2) is 0 Å². The molecule has 3 N–H and O–H groups in total. The van der Waals surface area contributed by atoms with Crippen LogP contribution in [0.5, 0.6) is 0 Å². The maximum absolute atomic E-state index is 12.1. The number of nitrogen functional groups attached to an aromatic ring is 1. The van der Waals surface area contributed by atoms with Crippen LogP contribution in [0.3, 0.4) is 0 Å². The minimum Gasteiger partial charge on any atom is -0.398 e. The molecule has 1 saturated carbocycles. The summed E-state index contributed by atoms with van der Waals surface area (Å²) < 4.78 is 0. The Morgan fingerprint density at radius 1 is 1.32 bits per heavy atom. The van der Waals surface area contributed by atoms with Gasteiger partial charge >= 0.3 is 0 Å². The average molecular weight is 260 g/mol. The van der Waals surface area contributed by atoms with Gasteiger partial charge in [0.2, 0.25) is 0 Å². The Labute approximate surface area is 115 Å². The van der Waals surface area contributed by atoms with Crippen molar-refractivity contribution in [3.05, 3.63) is 29.3 Å². The summed E-state index contributed by atoms with van der Waals surface area (Å²) in [5, 5.41) is 3.50. The monoisotopic (exact) mass is 260 g/mol. The van der Waals surface area contributed by atoms with Crippen LogP contribution >= 0.6 is 0 Å². The first-order valence-electron chi connectivity index (χ1n) is 7.29. The fourth-order valence-electron chi connectivity index (χ4n) is 2.65. The number of Topliss-reactive ketones (excluding diaryl/α,β-unsaturated/α-hetero) is 1. The van der Waals surface area contributed by atoms with E-state index in [1.54, 1.807) is 6.07 Å². The van der Waals surface area contributed by atoms with Crippen molar-refractivity contribution in [2.24, 2.45) is 0 Å². The summed E-state index contributed by atoms with van der Waals surface area (Å²) in [7, 11) is 0. The van der Waals surface area contributed by atoms with Crippen molar-refractivity contribution in [2.45, 2.75) is 51.5 Å². The average Bonchev–Trinajstić information content (AvgIpc) is 2.43. The van der Waals surface area contributed by atoms with Gasteiger partial charge in [0.1, 0.15) is 0 Å². The molecule has 0 spiro atoms. The lowest BCUT2D eigenvalue weighted by Gasteiger charge is -2.22. The van der Waals surface area contributed by atoms with E-state index < -0.39 is 0 Å². The molecule has 0 bridgehead atoms. The zero-order valence-electron chi connectivity index (χ0n) is 11.7. The van der Waals surface area contributed by atoms with Crippen molar-refractivity contribution in [2.75, 3.05) is 12.3 Å². The summed E-state index contributed by atoms with van der Waals surface area (Å²) in [6.07, 6.45) is 7.07. The van der Waals surface area contributed by atoms with E-state index in [9.17, 15) is 4.79 Å². The van der Waals surface area contributed by atoms with E-state index in [1.807, 2.05) is 19.1 Å². The maximum Gasteiger partial charge on any atom is 0.164 e. The Morgan fingerprint density at radius 2 is 2.05 bits per heavy atom. The first kappa shape index (κ1) is 14.1. The highest BCUT2D eigenvalue weighted by Gasteiger charge is 2.13. The van der Waals surface area contributed by atoms with Crippen LogP contribution in [0.1, 0.15) is 54.4 Å². The first-order valence-corrected chi connectivity index (χ1v) is 7.29. The van der Waals surface area contributed by atoms with Crippen LogP contribution in [0.25, 0.3) is 0 Å². The van der Waals surface area contributed by atoms with Crippen molar-refractivity contribution in [3.8, 4) is 0 Å². The van der Waals surface area contributed by atoms with Gasteiger partial charge in [0.05, 0.1) is 0 Å². The number of carbonyl (C=O) groups is 1. The van der Waals surface area contributed by atoms with Gasteiger partial charge in [-0.1, -0.05) is 31.4 Å². The Morgan fingerprint density at radius 3 is 2.74 bits per heavy atom. The van der Waals surface area contributed by atoms with Crippen LogP contribution in [-0.4, -0.2) is 18.4 Å². The number of rotatable bonds is 5. The maximum atomic E-state index is 12.1. The SMILES string of the molecule is Cc1ccc(C(=O)CCNC2CCCCC2)cc1N. The molecule has 0 aliphatic heterocycles. The van der Waals surface area contributed by atoms with Gasteiger partial charge in [0.15, 0.2) is 5.78 Å². The molecule has 1 aromatic carbocycles. The van der Waals surface area contributed by atoms with E-state index in [0.717, 1.165) is 17.7 Å². The summed E-state index contributed by atoms with van der Waals surface area (Å²) in [5.74, 6) is 0.176. The number of hydrogen-bond donors (Lipinski definition) is 2. The largest absolute Gasteiger partial charge is 0.398 e. The summed E-state index contributed by atoms with van der Waals surface area (Å²) in [5.41, 5.74) is 8.29. The van der Waals surface area contributed by atoms with Crippen molar-refractivity contribution in [1.29, 1.82) is 0 Å². The molecule has 0 atom stereocenters. The number of benzene rings is 1. The van der Waals surface area contributed by atoms with E-state index in [-0.39, 0.29) is 5.78 Å². The molecule has 1 aliphatic rings. The van der Waals surface area contributed by atoms with E-state index in [0.29, 0.717) is 18.2 Å². The van der Waals surface area contributed by atoms with Gasteiger partial charge < -0.3 is 11.1 Å². The van der Waals surface area contributed by atoms with Gasteiger partial charge in [0, 0.05) is 30.3 Å². The molecule has 0 radical (unpaired) electrons. The molecule has 104 valence electrons. The highest BCUT2D eigenvalue weighted by molar-refractivity contribution is 5.97. The number of nitrogens with one attached hydrogen (secondary N) is 1. The minimum atomic E-state index is 0.176. The van der Waals surface area contributed by atoms with Crippen molar-refractivity contribution in [3.63, 3.8) is 0 Å². The predicted molar refractivity (Wildman–Crippen MR) is 79.4 cm³/mol. The van der Waals surface area contributed by atoms with Crippen LogP contribution in [-0.2, 0) is 0 Å². The fraction of sp³-hybridized carbons (Fsp3) is 0.562. The van der Waals surface area contributed by atoms with Gasteiger partial charge in [-0.3, -0.25) is 4.79 Å². The van der Waals surface area contributed by atoms with Gasteiger partial charge in [-0.05, 0) is 31.4 Å². The van der Waals surface area contributed by atoms with E-state index >= 15 is 0 Å². The van der Waals surface area contributed by atoms with Crippen LogP contribution in [0.15, 0.2) is 18.2 Å². The summed E-state index contributed by atoms with van der Waals surface area (Å²) in [6.45, 7) is 2.73. The third-order valence-corrected chi connectivity index (χ3v) is 3.99. The summed E-state index contributed by atoms with van der Waals surface area (Å²) >= 11 is 0. The third kappa shape index (κ3) is 4.06. The fourth-order valence-corrected chi connectivity index (χ4v) is 2.65. The standard InChI is InChI=1S/C16H24N2O/c1-12-7-8-13(11-15(12)17)16(19)9-10-18-14-5-3-2-4-6-14/h7-8,11,14,18H,2-6,9-10,17H2,1H3. The van der Waals surface area contributed by atoms with E-state index in [1.165, 1.54) is 32.1 Å². The topological polar surface area (TPSA) is 55.1 Å². The smallest absolute Gasteiger partial charge is 0.164 e. The molecule has 0 saturated heterocycles. The van der Waals surface area contributed by atoms with Crippen LogP contribution < -0.4 is 11.1 Å². The lowest BCUT2D eigenvalue weighted by Crippen LogP contribution is -2.32. The van der Waals surface area contributed by atoms with E-state index in [4.69, 9.17) is 5.73 Å². The lowest BCUT2D eigenvalue weighted by atomic mass is 9.95. The number of nitrogens with two attached hydrogens (primary N) is 1. The number of aryl methyl sites for hydroxylation is 1. The highest BCUT2D eigenvalue weighted by atomic mass is 16.1. The quantitative estimate of drug-likeness (QED) is 0.632. The molecule has 0 aromatic heterocycles. The number of ketones is 1. The molecule has 1 aliphatic carbocycles. The van der Waals surface area contributed by atoms with Gasteiger partial charge in [0.25, 0.3) is 0 Å². The number of carbonyl (C=O) groups excluding carboxylic acids is 1. The molecular weight excluding hydrogens is 236 g/mol. The zero-order chi connectivity index (χ0) is 13.7. The predicted octanol–water partition coefficient (Wildman–Crippen LogP) is 3.07. The van der Waals surface area contributed by atoms with E-state index in [2.05, 4.69) is 5.32 Å². The molecule has 2 rings (SSSR count). The van der Waals surface area contributed by atoms with Gasteiger partial charge in [-0.15, -0.1) is 0 Å². The zero-order valence-corrected chi connectivity index (χ0v) is 11.7. The Balaban J connectivity index is 1.78.